The molecule has 7 nitrogen and oxygen atoms in total. The molecule has 0 aliphatic carbocycles. The van der Waals surface area contributed by atoms with Crippen LogP contribution in [-0.2, 0) is 13.0 Å². The van der Waals surface area contributed by atoms with Gasteiger partial charge in [0.15, 0.2) is 0 Å². The fraction of sp³-hybridized carbons (Fsp3) is 0.103. The Hall–Kier alpha value is -4.27. The van der Waals surface area contributed by atoms with Gasteiger partial charge in [0.1, 0.15) is 28.2 Å². The molecule has 5 rings (SSSR count). The number of hydrogen-bond donors (Lipinski definition) is 5. The number of imidazole rings is 1. The zero-order valence-electron chi connectivity index (χ0n) is 20.6. The van der Waals surface area contributed by atoms with E-state index in [0.29, 0.717) is 40.5 Å². The third-order valence-corrected chi connectivity index (χ3v) is 6.81. The van der Waals surface area contributed by atoms with E-state index in [-0.39, 0.29) is 28.0 Å². The largest absolute Gasteiger partial charge is 0.507 e. The summed E-state index contributed by atoms with van der Waals surface area (Å²) < 4.78 is 14.3. The second kappa shape index (κ2) is 11.2. The third-order valence-electron chi connectivity index (χ3n) is 6.24. The van der Waals surface area contributed by atoms with Crippen molar-refractivity contribution < 1.29 is 14.3 Å². The molecular formula is C29H24Cl2FN5O2. The number of urea groups is 1. The van der Waals surface area contributed by atoms with Crippen LogP contribution in [-0.4, -0.2) is 21.1 Å². The van der Waals surface area contributed by atoms with Crippen LogP contribution in [0.3, 0.4) is 0 Å². The number of aromatic amines is 1. The topological polar surface area (TPSA) is 102 Å². The standard InChI is InChI=1S/C29H24Cl2FN5O2/c1-16-12-24(38)20-14-18(10-11-22(20)34-16)26-27(31)37-28(36-26)23(13-17-6-3-2-4-7-17)35-29(39)33-15-19-8-5-9-21(30)25(19)32/h2-12,14,23,34,38H,1,13,15H2,(H,36,37)(H2,33,35,39)/t23-/m0/s1. The molecule has 0 radical (unpaired) electrons. The molecule has 0 saturated heterocycles. The molecule has 0 saturated carbocycles. The van der Waals surface area contributed by atoms with Crippen LogP contribution in [0.25, 0.3) is 17.0 Å². The Morgan fingerprint density at radius 2 is 1.90 bits per heavy atom. The number of nitrogens with zero attached hydrogens (tertiary/aromatic N) is 1. The zero-order chi connectivity index (χ0) is 27.5. The number of carbonyl (C=O) groups is 1. The van der Waals surface area contributed by atoms with E-state index in [2.05, 4.69) is 27.5 Å². The van der Waals surface area contributed by atoms with E-state index in [1.165, 1.54) is 12.1 Å². The van der Waals surface area contributed by atoms with Crippen LogP contribution in [0.15, 0.2) is 85.1 Å². The summed E-state index contributed by atoms with van der Waals surface area (Å²) in [7, 11) is 0. The minimum Gasteiger partial charge on any atom is -0.507 e. The second-order valence-corrected chi connectivity index (χ2v) is 9.79. The lowest BCUT2D eigenvalue weighted by atomic mass is 10.0. The normalized spacial score (nSPS) is 13.2. The first-order valence-electron chi connectivity index (χ1n) is 12.1. The number of aliphatic hydroxyl groups excluding tert-OH is 1. The number of aromatic nitrogens is 2. The molecule has 1 aromatic heterocycles. The summed E-state index contributed by atoms with van der Waals surface area (Å²) >= 11 is 12.4. The average Bonchev–Trinajstić information content (AvgIpc) is 3.31. The quantitative estimate of drug-likeness (QED) is 0.165. The Labute approximate surface area is 234 Å². The SMILES string of the molecule is C=C1C=C(O)c2cc(-c3nc([C@H](Cc4ccccc4)NC(=O)NCc4cccc(Cl)c4F)[nH]c3Cl)ccc2N1. The Balaban J connectivity index is 1.40. The number of fused-ring (bicyclic) bond motifs is 1. The lowest BCUT2D eigenvalue weighted by Crippen LogP contribution is -2.39. The maximum absolute atomic E-state index is 14.3. The molecule has 2 heterocycles. The molecule has 0 fully saturated rings. The number of allylic oxidation sites excluding steroid dienone is 1. The molecule has 0 spiro atoms. The molecule has 1 aliphatic heterocycles. The van der Waals surface area contributed by atoms with Crippen LogP contribution >= 0.6 is 23.2 Å². The van der Waals surface area contributed by atoms with Crippen LogP contribution in [0.2, 0.25) is 10.2 Å². The lowest BCUT2D eigenvalue weighted by molar-refractivity contribution is 0.236. The lowest BCUT2D eigenvalue weighted by Gasteiger charge is -2.18. The van der Waals surface area contributed by atoms with Gasteiger partial charge in [0.25, 0.3) is 0 Å². The van der Waals surface area contributed by atoms with Crippen molar-refractivity contribution in [3.05, 3.63) is 124 Å². The number of benzene rings is 3. The maximum Gasteiger partial charge on any atom is 0.315 e. The van der Waals surface area contributed by atoms with Gasteiger partial charge in [-0.15, -0.1) is 0 Å². The molecule has 1 aliphatic rings. The number of hydrogen-bond acceptors (Lipinski definition) is 4. The number of nitrogens with one attached hydrogen (secondary N) is 4. The molecule has 2 amide bonds. The van der Waals surface area contributed by atoms with Crippen molar-refractivity contribution in [3.63, 3.8) is 0 Å². The van der Waals surface area contributed by atoms with Crippen LogP contribution in [0, 0.1) is 5.82 Å². The molecule has 0 unspecified atom stereocenters. The van der Waals surface area contributed by atoms with Gasteiger partial charge in [0, 0.05) is 40.7 Å². The summed E-state index contributed by atoms with van der Waals surface area (Å²) in [5.74, 6) is -0.0564. The van der Waals surface area contributed by atoms with Crippen molar-refractivity contribution in [2.24, 2.45) is 0 Å². The van der Waals surface area contributed by atoms with Gasteiger partial charge >= 0.3 is 6.03 Å². The van der Waals surface area contributed by atoms with Crippen molar-refractivity contribution in [2.75, 3.05) is 5.32 Å². The van der Waals surface area contributed by atoms with E-state index >= 15 is 0 Å². The van der Waals surface area contributed by atoms with E-state index in [4.69, 9.17) is 28.2 Å². The number of rotatable bonds is 7. The highest BCUT2D eigenvalue weighted by Gasteiger charge is 2.23. The minimum absolute atomic E-state index is 0.0129. The van der Waals surface area contributed by atoms with Crippen LogP contribution in [0.4, 0.5) is 14.9 Å². The van der Waals surface area contributed by atoms with E-state index in [1.807, 2.05) is 42.5 Å². The summed E-state index contributed by atoms with van der Waals surface area (Å²) in [6.07, 6.45) is 1.96. The maximum atomic E-state index is 14.3. The van der Waals surface area contributed by atoms with Gasteiger partial charge in [0.05, 0.1) is 11.1 Å². The smallest absolute Gasteiger partial charge is 0.315 e. The zero-order valence-corrected chi connectivity index (χ0v) is 22.1. The summed E-state index contributed by atoms with van der Waals surface area (Å²) in [6.45, 7) is 3.78. The summed E-state index contributed by atoms with van der Waals surface area (Å²) in [4.78, 5) is 20.7. The van der Waals surface area contributed by atoms with Crippen molar-refractivity contribution in [1.82, 2.24) is 20.6 Å². The molecule has 5 N–H and O–H groups in total. The molecular weight excluding hydrogens is 540 g/mol. The first-order chi connectivity index (χ1) is 18.8. The van der Waals surface area contributed by atoms with Crippen molar-refractivity contribution in [3.8, 4) is 11.3 Å². The highest BCUT2D eigenvalue weighted by Crippen LogP contribution is 2.35. The molecule has 3 aromatic carbocycles. The molecule has 0 bridgehead atoms. The fourth-order valence-corrected chi connectivity index (χ4v) is 4.77. The van der Waals surface area contributed by atoms with Crippen LogP contribution < -0.4 is 16.0 Å². The van der Waals surface area contributed by atoms with Crippen molar-refractivity contribution in [1.29, 1.82) is 0 Å². The first kappa shape index (κ1) is 26.3. The van der Waals surface area contributed by atoms with Gasteiger partial charge in [-0.1, -0.05) is 78.3 Å². The van der Waals surface area contributed by atoms with Crippen LogP contribution in [0.1, 0.15) is 28.6 Å². The molecule has 1 atom stereocenters. The highest BCUT2D eigenvalue weighted by molar-refractivity contribution is 6.32. The molecule has 39 heavy (non-hydrogen) atoms. The van der Waals surface area contributed by atoms with E-state index in [0.717, 1.165) is 5.56 Å². The van der Waals surface area contributed by atoms with Gasteiger partial charge in [-0.3, -0.25) is 0 Å². The predicted molar refractivity (Wildman–Crippen MR) is 152 cm³/mol. The summed E-state index contributed by atoms with van der Waals surface area (Å²) in [6, 6.07) is 18.5. The summed E-state index contributed by atoms with van der Waals surface area (Å²) in [5, 5.41) is 19.4. The van der Waals surface area contributed by atoms with E-state index in [9.17, 15) is 14.3 Å². The predicted octanol–water partition coefficient (Wildman–Crippen LogP) is 7.14. The van der Waals surface area contributed by atoms with E-state index in [1.54, 1.807) is 18.2 Å². The number of amides is 2. The molecule has 4 aromatic rings. The summed E-state index contributed by atoms with van der Waals surface area (Å²) in [5.41, 5.74) is 4.26. The Kier molecular flexibility index (Phi) is 7.58. The van der Waals surface area contributed by atoms with Gasteiger partial charge in [0.2, 0.25) is 0 Å². The number of H-pyrrole nitrogens is 1. The fourth-order valence-electron chi connectivity index (χ4n) is 4.33. The first-order valence-corrected chi connectivity index (χ1v) is 12.8. The Morgan fingerprint density at radius 3 is 2.69 bits per heavy atom. The van der Waals surface area contributed by atoms with Gasteiger partial charge in [-0.05, 0) is 30.2 Å². The van der Waals surface area contributed by atoms with Crippen molar-refractivity contribution >= 4 is 40.7 Å². The van der Waals surface area contributed by atoms with Gasteiger partial charge in [-0.2, -0.15) is 0 Å². The molecule has 10 heteroatoms. The monoisotopic (exact) mass is 563 g/mol. The Bertz CT molecular complexity index is 1590. The van der Waals surface area contributed by atoms with Gasteiger partial charge < -0.3 is 26.0 Å². The number of aliphatic hydroxyl groups is 1. The Morgan fingerprint density at radius 1 is 1.10 bits per heavy atom. The van der Waals surface area contributed by atoms with Crippen molar-refractivity contribution in [2.45, 2.75) is 19.0 Å². The van der Waals surface area contributed by atoms with Gasteiger partial charge in [-0.25, -0.2) is 14.2 Å². The second-order valence-electron chi connectivity index (χ2n) is 9.01. The number of carbonyl (C=O) groups excluding carboxylic acids is 1. The third kappa shape index (κ3) is 5.92. The minimum atomic E-state index is -0.584. The number of anilines is 1. The number of halogens is 3. The van der Waals surface area contributed by atoms with Crippen LogP contribution in [0.5, 0.6) is 0 Å². The molecule has 198 valence electrons. The highest BCUT2D eigenvalue weighted by atomic mass is 35.5. The van der Waals surface area contributed by atoms with E-state index < -0.39 is 17.9 Å². The average molecular weight is 564 g/mol.